The number of para-hydroxylation sites is 1. The molecule has 0 aliphatic rings. The highest BCUT2D eigenvalue weighted by atomic mass is 35.5. The van der Waals surface area contributed by atoms with Crippen LogP contribution in [-0.4, -0.2) is 20.5 Å². The molecule has 0 bridgehead atoms. The maximum absolute atomic E-state index is 9.12. The summed E-state index contributed by atoms with van der Waals surface area (Å²) in [6.45, 7) is 0. The third-order valence-corrected chi connectivity index (χ3v) is 1.87. The van der Waals surface area contributed by atoms with E-state index in [1.165, 1.54) is 0 Å². The van der Waals surface area contributed by atoms with Crippen molar-refractivity contribution in [1.29, 1.82) is 0 Å². The normalized spacial score (nSPS) is 13.5. The van der Waals surface area contributed by atoms with E-state index in [1.54, 1.807) is 18.2 Å². The quantitative estimate of drug-likeness (QED) is 0.653. The lowest BCUT2D eigenvalue weighted by molar-refractivity contribution is 0.264. The van der Waals surface area contributed by atoms with Crippen LogP contribution in [0.25, 0.3) is 11.0 Å². The lowest BCUT2D eigenvalue weighted by Crippen LogP contribution is -1.88. The predicted octanol–water partition coefficient (Wildman–Crippen LogP) is 1.19. The summed E-state index contributed by atoms with van der Waals surface area (Å²) in [6.07, 6.45) is 0. The van der Waals surface area contributed by atoms with Crippen LogP contribution >= 0.6 is 11.6 Å². The molecule has 0 amide bonds. The lowest BCUT2D eigenvalue weighted by Gasteiger charge is -2.00. The van der Waals surface area contributed by atoms with Gasteiger partial charge in [0.1, 0.15) is 11.0 Å². The van der Waals surface area contributed by atoms with E-state index >= 15 is 0 Å². The van der Waals surface area contributed by atoms with E-state index in [0.29, 0.717) is 16.6 Å². The highest BCUT2D eigenvalue weighted by molar-refractivity contribution is 6.20. The van der Waals surface area contributed by atoms with Gasteiger partial charge in [-0.1, -0.05) is 23.7 Å². The van der Waals surface area contributed by atoms with Crippen LogP contribution in [0.15, 0.2) is 18.2 Å². The van der Waals surface area contributed by atoms with Crippen LogP contribution in [0.1, 0.15) is 11.1 Å². The van der Waals surface area contributed by atoms with Crippen molar-refractivity contribution in [3.05, 3.63) is 23.8 Å². The second-order valence-electron chi connectivity index (χ2n) is 2.37. The zero-order chi connectivity index (χ0) is 8.55. The van der Waals surface area contributed by atoms with E-state index in [4.69, 9.17) is 16.7 Å². The molecule has 2 N–H and O–H groups in total. The summed E-state index contributed by atoms with van der Waals surface area (Å²) < 4.78 is 0. The molecule has 1 aromatic carbocycles. The molecular formula is C7H6ClN3O. The summed E-state index contributed by atoms with van der Waals surface area (Å²) >= 11 is 5.51. The smallest absolute Gasteiger partial charge is 0.155 e. The van der Waals surface area contributed by atoms with Gasteiger partial charge in [0.05, 0.1) is 0 Å². The topological polar surface area (TPSA) is 61.8 Å². The summed E-state index contributed by atoms with van der Waals surface area (Å²) in [5, 5.41) is 19.3. The molecule has 1 atom stereocenters. The number of hydrogen-bond donors (Lipinski definition) is 2. The van der Waals surface area contributed by atoms with Gasteiger partial charge in [-0.15, -0.1) is 0 Å². The molecule has 0 saturated heterocycles. The minimum atomic E-state index is -1.03. The number of nitrogens with one attached hydrogen (secondary N) is 1. The average Bonchev–Trinajstić information content (AvgIpc) is 2.49. The highest BCUT2D eigenvalue weighted by Gasteiger charge is 2.09. The first-order valence-corrected chi connectivity index (χ1v) is 3.84. The van der Waals surface area contributed by atoms with Crippen LogP contribution in [-0.2, 0) is 0 Å². The van der Waals surface area contributed by atoms with E-state index in [1.807, 2.05) is 0 Å². The number of aromatic amines is 1. The Labute approximate surface area is 73.2 Å². The number of rotatable bonds is 1. The first-order valence-electron chi connectivity index (χ1n) is 3.40. The Kier molecular flexibility index (Phi) is 1.71. The summed E-state index contributed by atoms with van der Waals surface area (Å²) in [6, 6.07) is 5.27. The third kappa shape index (κ3) is 1.05. The Morgan fingerprint density at radius 1 is 1.42 bits per heavy atom. The van der Waals surface area contributed by atoms with Crippen LogP contribution in [0.3, 0.4) is 0 Å². The first-order chi connectivity index (χ1) is 5.79. The molecule has 4 nitrogen and oxygen atoms in total. The standard InChI is InChI=1S/C7H6ClN3O/c8-7(12)4-2-1-3-5-6(4)10-11-9-5/h1-3,7,12H,(H,9,10,11). The first kappa shape index (κ1) is 7.52. The highest BCUT2D eigenvalue weighted by Crippen LogP contribution is 2.23. The SMILES string of the molecule is OC(Cl)c1cccc2n[nH]nc12. The van der Waals surface area contributed by atoms with E-state index in [0.717, 1.165) is 0 Å². The van der Waals surface area contributed by atoms with Crippen molar-refractivity contribution in [2.45, 2.75) is 5.56 Å². The van der Waals surface area contributed by atoms with Gasteiger partial charge in [-0.25, -0.2) is 0 Å². The minimum Gasteiger partial charge on any atom is -0.373 e. The van der Waals surface area contributed by atoms with Gasteiger partial charge in [0.25, 0.3) is 0 Å². The average molecular weight is 184 g/mol. The Morgan fingerprint density at radius 3 is 3.00 bits per heavy atom. The van der Waals surface area contributed by atoms with Gasteiger partial charge >= 0.3 is 0 Å². The fourth-order valence-corrected chi connectivity index (χ4v) is 1.26. The number of aliphatic hydroxyl groups excluding tert-OH is 1. The van der Waals surface area contributed by atoms with E-state index in [9.17, 15) is 0 Å². The minimum absolute atomic E-state index is 0.572. The van der Waals surface area contributed by atoms with E-state index in [-0.39, 0.29) is 0 Å². The van der Waals surface area contributed by atoms with Crippen LogP contribution in [0, 0.1) is 0 Å². The predicted molar refractivity (Wildman–Crippen MR) is 44.7 cm³/mol. The monoisotopic (exact) mass is 183 g/mol. The summed E-state index contributed by atoms with van der Waals surface area (Å²) in [7, 11) is 0. The number of H-pyrrole nitrogens is 1. The molecule has 0 fully saturated rings. The van der Waals surface area contributed by atoms with E-state index in [2.05, 4.69) is 15.4 Å². The van der Waals surface area contributed by atoms with Crippen molar-refractivity contribution in [1.82, 2.24) is 15.4 Å². The van der Waals surface area contributed by atoms with Crippen LogP contribution < -0.4 is 0 Å². The van der Waals surface area contributed by atoms with Gasteiger partial charge in [0.2, 0.25) is 0 Å². The van der Waals surface area contributed by atoms with Crippen molar-refractivity contribution in [3.8, 4) is 0 Å². The number of hydrogen-bond acceptors (Lipinski definition) is 3. The zero-order valence-electron chi connectivity index (χ0n) is 6.03. The number of nitrogens with zero attached hydrogens (tertiary/aromatic N) is 2. The van der Waals surface area contributed by atoms with Gasteiger partial charge in [0, 0.05) is 5.56 Å². The Morgan fingerprint density at radius 2 is 2.25 bits per heavy atom. The summed E-state index contributed by atoms with van der Waals surface area (Å²) in [4.78, 5) is 0. The maximum atomic E-state index is 9.12. The molecule has 1 unspecified atom stereocenters. The molecule has 2 aromatic rings. The van der Waals surface area contributed by atoms with Crippen molar-refractivity contribution in [3.63, 3.8) is 0 Å². The van der Waals surface area contributed by atoms with Gasteiger partial charge in [-0.3, -0.25) is 0 Å². The van der Waals surface area contributed by atoms with Crippen molar-refractivity contribution < 1.29 is 5.11 Å². The number of aromatic nitrogens is 3. The molecule has 12 heavy (non-hydrogen) atoms. The Bertz CT molecular complexity index is 398. The van der Waals surface area contributed by atoms with Crippen molar-refractivity contribution in [2.75, 3.05) is 0 Å². The molecular weight excluding hydrogens is 178 g/mol. The lowest BCUT2D eigenvalue weighted by atomic mass is 10.2. The number of benzene rings is 1. The number of fused-ring (bicyclic) bond motifs is 1. The molecule has 62 valence electrons. The van der Waals surface area contributed by atoms with Gasteiger partial charge in [-0.05, 0) is 6.07 Å². The molecule has 0 radical (unpaired) electrons. The molecule has 2 rings (SSSR count). The Balaban J connectivity index is 2.73. The fraction of sp³-hybridized carbons (Fsp3) is 0.143. The number of alkyl halides is 1. The Hall–Kier alpha value is -1.13. The molecule has 0 saturated carbocycles. The van der Waals surface area contributed by atoms with Crippen LogP contribution in [0.2, 0.25) is 0 Å². The second-order valence-corrected chi connectivity index (χ2v) is 2.79. The maximum Gasteiger partial charge on any atom is 0.155 e. The molecule has 1 heterocycles. The molecule has 1 aromatic heterocycles. The largest absolute Gasteiger partial charge is 0.373 e. The number of halogens is 1. The zero-order valence-corrected chi connectivity index (χ0v) is 6.78. The van der Waals surface area contributed by atoms with Gasteiger partial charge in [0.15, 0.2) is 5.56 Å². The fourth-order valence-electron chi connectivity index (χ4n) is 1.08. The summed E-state index contributed by atoms with van der Waals surface area (Å²) in [5.74, 6) is 0. The van der Waals surface area contributed by atoms with E-state index < -0.39 is 5.56 Å². The van der Waals surface area contributed by atoms with Gasteiger partial charge in [-0.2, -0.15) is 15.4 Å². The molecule has 0 aliphatic heterocycles. The summed E-state index contributed by atoms with van der Waals surface area (Å²) in [5.41, 5.74) is 0.855. The van der Waals surface area contributed by atoms with Crippen LogP contribution in [0.4, 0.5) is 0 Å². The molecule has 5 heteroatoms. The van der Waals surface area contributed by atoms with Crippen molar-refractivity contribution in [2.24, 2.45) is 0 Å². The number of aliphatic hydroxyl groups is 1. The van der Waals surface area contributed by atoms with Gasteiger partial charge < -0.3 is 5.11 Å². The third-order valence-electron chi connectivity index (χ3n) is 1.63. The molecule has 0 aliphatic carbocycles. The van der Waals surface area contributed by atoms with Crippen LogP contribution in [0.5, 0.6) is 0 Å². The second kappa shape index (κ2) is 2.73. The van der Waals surface area contributed by atoms with Crippen molar-refractivity contribution >= 4 is 22.6 Å². The molecule has 0 spiro atoms.